The summed E-state index contributed by atoms with van der Waals surface area (Å²) in [6.45, 7) is 1.74. The molecule has 2 fully saturated rings. The number of amides is 1. The lowest BCUT2D eigenvalue weighted by Gasteiger charge is -2.22. The summed E-state index contributed by atoms with van der Waals surface area (Å²) in [5.74, 6) is -2.47. The van der Waals surface area contributed by atoms with Crippen LogP contribution in [0.15, 0.2) is 0 Å². The van der Waals surface area contributed by atoms with E-state index in [1.54, 1.807) is 0 Å². The number of halogens is 2. The number of carbonyl (C=O) groups excluding carboxylic acids is 1. The van der Waals surface area contributed by atoms with Crippen molar-refractivity contribution >= 4 is 5.91 Å². The van der Waals surface area contributed by atoms with Crippen molar-refractivity contribution in [1.82, 2.24) is 10.6 Å². The molecule has 0 bridgehead atoms. The predicted molar refractivity (Wildman–Crippen MR) is 62.5 cm³/mol. The van der Waals surface area contributed by atoms with E-state index in [2.05, 4.69) is 10.6 Å². The molecule has 0 radical (unpaired) electrons. The molecule has 0 aromatic carbocycles. The van der Waals surface area contributed by atoms with Crippen molar-refractivity contribution in [3.8, 4) is 0 Å². The molecule has 0 spiro atoms. The second-order valence-corrected chi connectivity index (χ2v) is 5.13. The smallest absolute Gasteiger partial charge is 0.262 e. The molecule has 0 aromatic heterocycles. The van der Waals surface area contributed by atoms with E-state index in [1.807, 2.05) is 0 Å². The zero-order valence-electron chi connectivity index (χ0n) is 10.4. The molecule has 104 valence electrons. The standard InChI is InChI=1S/C12H20F2N2O2/c13-12(14)7-10(16-8-12)11(17)15-4-1-9-2-5-18-6-3-9/h9-10,16H,1-8H2,(H,15,17). The van der Waals surface area contributed by atoms with Crippen molar-refractivity contribution in [1.29, 1.82) is 0 Å². The molecule has 2 saturated heterocycles. The molecule has 2 heterocycles. The van der Waals surface area contributed by atoms with E-state index in [9.17, 15) is 13.6 Å². The van der Waals surface area contributed by atoms with Crippen LogP contribution in [0.4, 0.5) is 8.78 Å². The van der Waals surface area contributed by atoms with Crippen LogP contribution < -0.4 is 10.6 Å². The highest BCUT2D eigenvalue weighted by Gasteiger charge is 2.42. The summed E-state index contributed by atoms with van der Waals surface area (Å²) in [7, 11) is 0. The van der Waals surface area contributed by atoms with Gasteiger partial charge in [-0.05, 0) is 25.2 Å². The highest BCUT2D eigenvalue weighted by Crippen LogP contribution is 2.25. The third-order valence-corrected chi connectivity index (χ3v) is 3.62. The molecule has 2 rings (SSSR count). The molecule has 0 aliphatic carbocycles. The monoisotopic (exact) mass is 262 g/mol. The van der Waals surface area contributed by atoms with Gasteiger partial charge in [0, 0.05) is 26.2 Å². The molecule has 6 heteroatoms. The van der Waals surface area contributed by atoms with Gasteiger partial charge < -0.3 is 10.1 Å². The van der Waals surface area contributed by atoms with Gasteiger partial charge in [0.15, 0.2) is 0 Å². The van der Waals surface area contributed by atoms with Gasteiger partial charge in [0.25, 0.3) is 5.92 Å². The summed E-state index contributed by atoms with van der Waals surface area (Å²) in [6.07, 6.45) is 2.56. The quantitative estimate of drug-likeness (QED) is 0.792. The second-order valence-electron chi connectivity index (χ2n) is 5.13. The zero-order valence-corrected chi connectivity index (χ0v) is 10.4. The van der Waals surface area contributed by atoms with E-state index < -0.39 is 24.9 Å². The highest BCUT2D eigenvalue weighted by atomic mass is 19.3. The molecular weight excluding hydrogens is 242 g/mol. The number of alkyl halides is 2. The first kappa shape index (κ1) is 13.7. The van der Waals surface area contributed by atoms with Crippen LogP contribution >= 0.6 is 0 Å². The summed E-state index contributed by atoms with van der Waals surface area (Å²) >= 11 is 0. The number of carbonyl (C=O) groups is 1. The molecule has 18 heavy (non-hydrogen) atoms. The van der Waals surface area contributed by atoms with Crippen LogP contribution in [0.3, 0.4) is 0 Å². The third-order valence-electron chi connectivity index (χ3n) is 3.62. The van der Waals surface area contributed by atoms with Crippen LogP contribution in [0.2, 0.25) is 0 Å². The maximum atomic E-state index is 12.9. The Labute approximate surface area is 105 Å². The van der Waals surface area contributed by atoms with Crippen molar-refractivity contribution in [3.63, 3.8) is 0 Å². The van der Waals surface area contributed by atoms with Gasteiger partial charge in [-0.1, -0.05) is 0 Å². The Bertz CT molecular complexity index is 294. The number of hydrogen-bond donors (Lipinski definition) is 2. The molecule has 4 nitrogen and oxygen atoms in total. The summed E-state index contributed by atoms with van der Waals surface area (Å²) in [5, 5.41) is 5.29. The lowest BCUT2D eigenvalue weighted by Crippen LogP contribution is -2.41. The first-order valence-electron chi connectivity index (χ1n) is 6.53. The van der Waals surface area contributed by atoms with Gasteiger partial charge in [-0.2, -0.15) is 0 Å². The first-order chi connectivity index (χ1) is 8.57. The summed E-state index contributed by atoms with van der Waals surface area (Å²) in [6, 6.07) is -0.741. The van der Waals surface area contributed by atoms with Gasteiger partial charge in [0.1, 0.15) is 0 Å². The van der Waals surface area contributed by atoms with Crippen LogP contribution in [0.1, 0.15) is 25.7 Å². The lowest BCUT2D eigenvalue weighted by atomic mass is 9.96. The van der Waals surface area contributed by atoms with Gasteiger partial charge in [0.05, 0.1) is 12.6 Å². The Morgan fingerprint density at radius 3 is 2.72 bits per heavy atom. The molecular formula is C12H20F2N2O2. The largest absolute Gasteiger partial charge is 0.381 e. The fourth-order valence-corrected chi connectivity index (χ4v) is 2.46. The molecule has 1 atom stereocenters. The minimum Gasteiger partial charge on any atom is -0.381 e. The topological polar surface area (TPSA) is 50.4 Å². The number of rotatable bonds is 4. The van der Waals surface area contributed by atoms with Crippen molar-refractivity contribution in [3.05, 3.63) is 0 Å². The zero-order chi connectivity index (χ0) is 13.0. The SMILES string of the molecule is O=C(NCCC1CCOCC1)C1CC(F)(F)CN1. The molecule has 2 aliphatic heterocycles. The van der Waals surface area contributed by atoms with Crippen molar-refractivity contribution in [2.24, 2.45) is 5.92 Å². The average molecular weight is 262 g/mol. The Balaban J connectivity index is 1.63. The van der Waals surface area contributed by atoms with E-state index in [4.69, 9.17) is 4.74 Å². The fraction of sp³-hybridized carbons (Fsp3) is 0.917. The minimum absolute atomic E-state index is 0.306. The maximum Gasteiger partial charge on any atom is 0.262 e. The van der Waals surface area contributed by atoms with Gasteiger partial charge in [-0.25, -0.2) is 8.78 Å². The number of nitrogens with one attached hydrogen (secondary N) is 2. The van der Waals surface area contributed by atoms with Crippen LogP contribution in [0.5, 0.6) is 0 Å². The number of ether oxygens (including phenoxy) is 1. The van der Waals surface area contributed by atoms with Gasteiger partial charge >= 0.3 is 0 Å². The summed E-state index contributed by atoms with van der Waals surface area (Å²) < 4.78 is 31.1. The molecule has 1 amide bonds. The molecule has 2 aliphatic rings. The van der Waals surface area contributed by atoms with E-state index >= 15 is 0 Å². The number of hydrogen-bond acceptors (Lipinski definition) is 3. The summed E-state index contributed by atoms with van der Waals surface area (Å²) in [5.41, 5.74) is 0. The first-order valence-corrected chi connectivity index (χ1v) is 6.53. The average Bonchev–Trinajstić information content (AvgIpc) is 2.71. The molecule has 2 N–H and O–H groups in total. The maximum absolute atomic E-state index is 12.9. The van der Waals surface area contributed by atoms with Crippen molar-refractivity contribution in [2.75, 3.05) is 26.3 Å². The van der Waals surface area contributed by atoms with Gasteiger partial charge in [-0.3, -0.25) is 10.1 Å². The predicted octanol–water partition coefficient (Wildman–Crippen LogP) is 0.916. The second kappa shape index (κ2) is 5.93. The lowest BCUT2D eigenvalue weighted by molar-refractivity contribution is -0.123. The van der Waals surface area contributed by atoms with E-state index in [-0.39, 0.29) is 5.91 Å². The molecule has 0 saturated carbocycles. The summed E-state index contributed by atoms with van der Waals surface area (Å²) in [4.78, 5) is 11.6. The van der Waals surface area contributed by atoms with Crippen LogP contribution in [0.25, 0.3) is 0 Å². The highest BCUT2D eigenvalue weighted by molar-refractivity contribution is 5.82. The van der Waals surface area contributed by atoms with Gasteiger partial charge in [0.2, 0.25) is 5.91 Å². The van der Waals surface area contributed by atoms with Crippen molar-refractivity contribution < 1.29 is 18.3 Å². The van der Waals surface area contributed by atoms with E-state index in [1.165, 1.54) is 0 Å². The van der Waals surface area contributed by atoms with Crippen LogP contribution in [-0.4, -0.2) is 44.2 Å². The van der Waals surface area contributed by atoms with Crippen LogP contribution in [0, 0.1) is 5.92 Å². The fourth-order valence-electron chi connectivity index (χ4n) is 2.46. The Morgan fingerprint density at radius 2 is 2.11 bits per heavy atom. The van der Waals surface area contributed by atoms with E-state index in [0.29, 0.717) is 12.5 Å². The Hall–Kier alpha value is -0.750. The van der Waals surface area contributed by atoms with E-state index in [0.717, 1.165) is 32.5 Å². The van der Waals surface area contributed by atoms with Gasteiger partial charge in [-0.15, -0.1) is 0 Å². The molecule has 1 unspecified atom stereocenters. The normalized spacial score (nSPS) is 28.2. The van der Waals surface area contributed by atoms with Crippen LogP contribution in [-0.2, 0) is 9.53 Å². The Morgan fingerprint density at radius 1 is 1.39 bits per heavy atom. The minimum atomic E-state index is -2.75. The molecule has 0 aromatic rings. The van der Waals surface area contributed by atoms with Crippen molar-refractivity contribution in [2.45, 2.75) is 37.6 Å². The third kappa shape index (κ3) is 3.88. The Kier molecular flexibility index (Phi) is 4.50.